The zero-order chi connectivity index (χ0) is 16.2. The zero-order valence-corrected chi connectivity index (χ0v) is 14.1. The number of nitrogens with one attached hydrogen (secondary N) is 1. The summed E-state index contributed by atoms with van der Waals surface area (Å²) in [7, 11) is 0. The average molecular weight is 314 g/mol. The van der Waals surface area contributed by atoms with Crippen LogP contribution in [-0.4, -0.2) is 57.9 Å². The van der Waals surface area contributed by atoms with E-state index in [9.17, 15) is 4.79 Å². The van der Waals surface area contributed by atoms with E-state index in [1.54, 1.807) is 0 Å². The summed E-state index contributed by atoms with van der Waals surface area (Å²) in [5, 5.41) is 0. The Balaban J connectivity index is 1.44. The lowest BCUT2D eigenvalue weighted by Crippen LogP contribution is -2.50. The van der Waals surface area contributed by atoms with E-state index < -0.39 is 0 Å². The van der Waals surface area contributed by atoms with E-state index in [0.717, 1.165) is 55.9 Å². The first-order chi connectivity index (χ1) is 11.1. The number of aryl methyl sites for hydroxylation is 1. The molecule has 1 aromatic heterocycles. The van der Waals surface area contributed by atoms with Crippen LogP contribution in [-0.2, 0) is 11.2 Å². The molecule has 0 radical (unpaired) electrons. The summed E-state index contributed by atoms with van der Waals surface area (Å²) in [6.07, 6.45) is 2.29. The number of aromatic nitrogens is 2. The molecule has 0 aliphatic carbocycles. The maximum atomic E-state index is 12.3. The van der Waals surface area contributed by atoms with Gasteiger partial charge in [0.2, 0.25) is 5.91 Å². The molecule has 0 bridgehead atoms. The number of fused-ring (bicyclic) bond motifs is 1. The number of carbonyl (C=O) groups is 1. The number of rotatable bonds is 5. The summed E-state index contributed by atoms with van der Waals surface area (Å²) < 4.78 is 0. The standard InChI is InChI=1S/C18H26N4O/c1-14(2)21-10-12-22(13-11-21)18(23)9-5-8-17-19-15-6-3-4-7-16(15)20-17/h3-4,6-7,14H,5,8-13H2,1-2H3,(H,19,20). The highest BCUT2D eigenvalue weighted by atomic mass is 16.2. The molecule has 1 aliphatic heterocycles. The Morgan fingerprint density at radius 3 is 2.65 bits per heavy atom. The van der Waals surface area contributed by atoms with Gasteiger partial charge in [-0.2, -0.15) is 0 Å². The molecule has 124 valence electrons. The summed E-state index contributed by atoms with van der Waals surface area (Å²) in [4.78, 5) is 24.6. The summed E-state index contributed by atoms with van der Waals surface area (Å²) in [5.74, 6) is 1.26. The van der Waals surface area contributed by atoms with Gasteiger partial charge in [-0.05, 0) is 32.4 Å². The number of nitrogens with zero attached hydrogens (tertiary/aromatic N) is 3. The number of benzene rings is 1. The maximum absolute atomic E-state index is 12.3. The Bertz CT molecular complexity index is 623. The van der Waals surface area contributed by atoms with Crippen molar-refractivity contribution in [2.75, 3.05) is 26.2 Å². The van der Waals surface area contributed by atoms with Crippen LogP contribution < -0.4 is 0 Å². The van der Waals surface area contributed by atoms with Crippen LogP contribution in [0.25, 0.3) is 11.0 Å². The Hall–Kier alpha value is -1.88. The van der Waals surface area contributed by atoms with Crippen molar-refractivity contribution in [1.29, 1.82) is 0 Å². The minimum absolute atomic E-state index is 0.282. The molecule has 5 heteroatoms. The van der Waals surface area contributed by atoms with Gasteiger partial charge in [0.15, 0.2) is 0 Å². The summed E-state index contributed by atoms with van der Waals surface area (Å²) in [6.45, 7) is 8.14. The molecule has 0 spiro atoms. The molecule has 1 N–H and O–H groups in total. The molecule has 0 saturated carbocycles. The summed E-state index contributed by atoms with van der Waals surface area (Å²) >= 11 is 0. The van der Waals surface area contributed by atoms with Crippen molar-refractivity contribution < 1.29 is 4.79 Å². The van der Waals surface area contributed by atoms with Gasteiger partial charge in [0.25, 0.3) is 0 Å². The van der Waals surface area contributed by atoms with Crippen LogP contribution in [0.15, 0.2) is 24.3 Å². The van der Waals surface area contributed by atoms with Gasteiger partial charge in [0.1, 0.15) is 5.82 Å². The molecule has 1 saturated heterocycles. The van der Waals surface area contributed by atoms with Gasteiger partial charge >= 0.3 is 0 Å². The van der Waals surface area contributed by atoms with Crippen LogP contribution in [0.3, 0.4) is 0 Å². The summed E-state index contributed by atoms with van der Waals surface area (Å²) in [5.41, 5.74) is 2.07. The molecule has 2 heterocycles. The lowest BCUT2D eigenvalue weighted by Gasteiger charge is -2.37. The molecule has 1 aromatic carbocycles. The van der Waals surface area contributed by atoms with E-state index in [0.29, 0.717) is 12.5 Å². The first-order valence-corrected chi connectivity index (χ1v) is 8.59. The molecular formula is C18H26N4O. The normalized spacial score (nSPS) is 16.4. The minimum Gasteiger partial charge on any atom is -0.342 e. The molecule has 0 atom stereocenters. The molecule has 23 heavy (non-hydrogen) atoms. The van der Waals surface area contributed by atoms with Crippen LogP contribution in [0, 0.1) is 0 Å². The third-order valence-corrected chi connectivity index (χ3v) is 4.64. The van der Waals surface area contributed by atoms with Gasteiger partial charge in [0, 0.05) is 45.1 Å². The Labute approximate surface area is 137 Å². The van der Waals surface area contributed by atoms with Crippen molar-refractivity contribution in [3.63, 3.8) is 0 Å². The van der Waals surface area contributed by atoms with Crippen LogP contribution >= 0.6 is 0 Å². The third-order valence-electron chi connectivity index (χ3n) is 4.64. The Morgan fingerprint density at radius 2 is 1.96 bits per heavy atom. The van der Waals surface area contributed by atoms with Crippen molar-refractivity contribution in [2.24, 2.45) is 0 Å². The van der Waals surface area contributed by atoms with Crippen molar-refractivity contribution in [3.8, 4) is 0 Å². The van der Waals surface area contributed by atoms with Crippen LogP contribution in [0.2, 0.25) is 0 Å². The van der Waals surface area contributed by atoms with Gasteiger partial charge < -0.3 is 9.88 Å². The quantitative estimate of drug-likeness (QED) is 0.922. The highest BCUT2D eigenvalue weighted by Crippen LogP contribution is 2.13. The number of hydrogen-bond donors (Lipinski definition) is 1. The average Bonchev–Trinajstić information content (AvgIpc) is 2.97. The van der Waals surface area contributed by atoms with E-state index in [-0.39, 0.29) is 5.91 Å². The fraction of sp³-hybridized carbons (Fsp3) is 0.556. The fourth-order valence-electron chi connectivity index (χ4n) is 3.18. The monoisotopic (exact) mass is 314 g/mol. The number of piperazine rings is 1. The van der Waals surface area contributed by atoms with Gasteiger partial charge in [-0.1, -0.05) is 12.1 Å². The third kappa shape index (κ3) is 3.91. The second kappa shape index (κ2) is 7.13. The predicted octanol–water partition coefficient (Wildman–Crippen LogP) is 2.44. The van der Waals surface area contributed by atoms with E-state index in [4.69, 9.17) is 0 Å². The fourth-order valence-corrected chi connectivity index (χ4v) is 3.18. The number of hydrogen-bond acceptors (Lipinski definition) is 3. The highest BCUT2D eigenvalue weighted by molar-refractivity contribution is 5.76. The Morgan fingerprint density at radius 1 is 1.22 bits per heavy atom. The predicted molar refractivity (Wildman–Crippen MR) is 92.3 cm³/mol. The lowest BCUT2D eigenvalue weighted by atomic mass is 10.2. The SMILES string of the molecule is CC(C)N1CCN(C(=O)CCCc2nc3ccccc3[nH]2)CC1. The molecule has 1 aliphatic rings. The number of aromatic amines is 1. The van der Waals surface area contributed by atoms with Gasteiger partial charge in [0.05, 0.1) is 11.0 Å². The second-order valence-corrected chi connectivity index (χ2v) is 6.56. The van der Waals surface area contributed by atoms with E-state index in [1.165, 1.54) is 0 Å². The number of para-hydroxylation sites is 2. The van der Waals surface area contributed by atoms with Crippen LogP contribution in [0.4, 0.5) is 0 Å². The summed E-state index contributed by atoms with van der Waals surface area (Å²) in [6, 6.07) is 8.61. The van der Waals surface area contributed by atoms with Gasteiger partial charge in [-0.3, -0.25) is 9.69 Å². The zero-order valence-electron chi connectivity index (χ0n) is 14.1. The highest BCUT2D eigenvalue weighted by Gasteiger charge is 2.21. The molecule has 1 amide bonds. The van der Waals surface area contributed by atoms with Crippen molar-refractivity contribution in [3.05, 3.63) is 30.1 Å². The first kappa shape index (κ1) is 16.0. The first-order valence-electron chi connectivity index (χ1n) is 8.59. The molecule has 2 aromatic rings. The molecular weight excluding hydrogens is 288 g/mol. The lowest BCUT2D eigenvalue weighted by molar-refractivity contribution is -0.133. The number of amides is 1. The molecule has 3 rings (SSSR count). The van der Waals surface area contributed by atoms with E-state index in [1.807, 2.05) is 29.2 Å². The van der Waals surface area contributed by atoms with E-state index >= 15 is 0 Å². The largest absolute Gasteiger partial charge is 0.342 e. The number of H-pyrrole nitrogens is 1. The van der Waals surface area contributed by atoms with Gasteiger partial charge in [-0.25, -0.2) is 4.98 Å². The van der Waals surface area contributed by atoms with Crippen molar-refractivity contribution in [1.82, 2.24) is 19.8 Å². The Kier molecular flexibility index (Phi) is 4.96. The maximum Gasteiger partial charge on any atom is 0.222 e. The van der Waals surface area contributed by atoms with E-state index in [2.05, 4.69) is 28.7 Å². The molecule has 5 nitrogen and oxygen atoms in total. The van der Waals surface area contributed by atoms with Crippen LogP contribution in [0.5, 0.6) is 0 Å². The number of carbonyl (C=O) groups excluding carboxylic acids is 1. The smallest absolute Gasteiger partial charge is 0.222 e. The van der Waals surface area contributed by atoms with Crippen molar-refractivity contribution >= 4 is 16.9 Å². The molecule has 1 fully saturated rings. The topological polar surface area (TPSA) is 52.2 Å². The minimum atomic E-state index is 0.282. The van der Waals surface area contributed by atoms with Gasteiger partial charge in [-0.15, -0.1) is 0 Å². The van der Waals surface area contributed by atoms with Crippen molar-refractivity contribution in [2.45, 2.75) is 39.2 Å². The molecule has 0 unspecified atom stereocenters. The number of imidazole rings is 1. The second-order valence-electron chi connectivity index (χ2n) is 6.56. The van der Waals surface area contributed by atoms with Crippen LogP contribution in [0.1, 0.15) is 32.5 Å².